The van der Waals surface area contributed by atoms with Gasteiger partial charge in [0.25, 0.3) is 0 Å². The molecule has 1 nitrogen and oxygen atoms in total. The average Bonchev–Trinajstić information content (AvgIpc) is 2.64. The van der Waals surface area contributed by atoms with Crippen LogP contribution in [0.2, 0.25) is 0 Å². The van der Waals surface area contributed by atoms with E-state index in [-0.39, 0.29) is 11.6 Å². The lowest BCUT2D eigenvalue weighted by Gasteiger charge is -2.11. The predicted octanol–water partition coefficient (Wildman–Crippen LogP) is 2.26. The lowest BCUT2D eigenvalue weighted by atomic mass is 10.0. The van der Waals surface area contributed by atoms with E-state index in [1.54, 1.807) is 0 Å². The summed E-state index contributed by atoms with van der Waals surface area (Å²) in [7, 11) is 0. The molecule has 0 radical (unpaired) electrons. The second-order valence-corrected chi connectivity index (χ2v) is 3.70. The van der Waals surface area contributed by atoms with Crippen LogP contribution in [0.15, 0.2) is 18.2 Å². The van der Waals surface area contributed by atoms with E-state index >= 15 is 0 Å². The molecule has 3 heteroatoms. The molecule has 1 atom stereocenters. The number of rotatable bonds is 2. The van der Waals surface area contributed by atoms with Crippen LogP contribution in [0.3, 0.4) is 0 Å². The van der Waals surface area contributed by atoms with Crippen LogP contribution in [0, 0.1) is 11.6 Å². The van der Waals surface area contributed by atoms with E-state index in [9.17, 15) is 8.78 Å². The van der Waals surface area contributed by atoms with Crippen LogP contribution in [-0.4, -0.2) is 12.6 Å². The Hall–Kier alpha value is -0.960. The molecule has 0 saturated carbocycles. The van der Waals surface area contributed by atoms with E-state index in [2.05, 4.69) is 5.32 Å². The van der Waals surface area contributed by atoms with Crippen LogP contribution < -0.4 is 5.32 Å². The second kappa shape index (κ2) is 4.05. The number of nitrogens with one attached hydrogen (secondary N) is 1. The lowest BCUT2D eigenvalue weighted by molar-refractivity contribution is 0.519. The summed E-state index contributed by atoms with van der Waals surface area (Å²) < 4.78 is 26.5. The number of halogens is 2. The minimum absolute atomic E-state index is 0.215. The largest absolute Gasteiger partial charge is 0.314 e. The maximum atomic E-state index is 13.2. The highest BCUT2D eigenvalue weighted by atomic mass is 19.1. The van der Waals surface area contributed by atoms with Crippen molar-refractivity contribution in [1.82, 2.24) is 5.32 Å². The first-order chi connectivity index (χ1) is 6.77. The van der Waals surface area contributed by atoms with Gasteiger partial charge in [-0.3, -0.25) is 0 Å². The Morgan fingerprint density at radius 2 is 2.00 bits per heavy atom. The van der Waals surface area contributed by atoms with Gasteiger partial charge in [0.15, 0.2) is 0 Å². The minimum atomic E-state index is -0.432. The topological polar surface area (TPSA) is 12.0 Å². The third kappa shape index (κ3) is 1.93. The number of hydrogen-bond acceptors (Lipinski definition) is 1. The molecule has 1 aliphatic heterocycles. The molecular formula is C11H13F2N. The van der Waals surface area contributed by atoms with Crippen molar-refractivity contribution >= 4 is 0 Å². The third-order valence-electron chi connectivity index (χ3n) is 2.67. The van der Waals surface area contributed by atoms with Gasteiger partial charge in [0.2, 0.25) is 0 Å². The summed E-state index contributed by atoms with van der Waals surface area (Å²) in [6, 6.07) is 4.26. The van der Waals surface area contributed by atoms with Crippen LogP contribution in [-0.2, 0) is 6.42 Å². The minimum Gasteiger partial charge on any atom is -0.314 e. The van der Waals surface area contributed by atoms with Crippen LogP contribution >= 0.6 is 0 Å². The van der Waals surface area contributed by atoms with Crippen molar-refractivity contribution in [3.63, 3.8) is 0 Å². The number of benzene rings is 1. The maximum Gasteiger partial charge on any atom is 0.129 e. The monoisotopic (exact) mass is 197 g/mol. The van der Waals surface area contributed by atoms with Crippen molar-refractivity contribution in [2.45, 2.75) is 25.3 Å². The molecule has 1 heterocycles. The van der Waals surface area contributed by atoms with Gasteiger partial charge >= 0.3 is 0 Å². The molecule has 1 aromatic carbocycles. The summed E-state index contributed by atoms with van der Waals surface area (Å²) >= 11 is 0. The normalized spacial score (nSPS) is 21.4. The summed E-state index contributed by atoms with van der Waals surface area (Å²) in [5.41, 5.74) is 0.215. The zero-order valence-electron chi connectivity index (χ0n) is 7.89. The van der Waals surface area contributed by atoms with E-state index < -0.39 is 11.6 Å². The summed E-state index contributed by atoms with van der Waals surface area (Å²) in [6.07, 6.45) is 2.56. The molecule has 1 aromatic rings. The Morgan fingerprint density at radius 1 is 1.29 bits per heavy atom. The van der Waals surface area contributed by atoms with Gasteiger partial charge < -0.3 is 5.32 Å². The van der Waals surface area contributed by atoms with E-state index in [1.807, 2.05) is 0 Å². The van der Waals surface area contributed by atoms with Crippen LogP contribution in [0.1, 0.15) is 18.4 Å². The third-order valence-corrected chi connectivity index (χ3v) is 2.67. The highest BCUT2D eigenvalue weighted by Gasteiger charge is 2.18. The molecule has 2 rings (SSSR count). The first-order valence-corrected chi connectivity index (χ1v) is 4.93. The highest BCUT2D eigenvalue weighted by molar-refractivity contribution is 5.20. The van der Waals surface area contributed by atoms with Crippen molar-refractivity contribution in [2.24, 2.45) is 0 Å². The van der Waals surface area contributed by atoms with Gasteiger partial charge in [-0.25, -0.2) is 8.78 Å². The predicted molar refractivity (Wildman–Crippen MR) is 51.1 cm³/mol. The molecule has 14 heavy (non-hydrogen) atoms. The van der Waals surface area contributed by atoms with Crippen molar-refractivity contribution in [3.05, 3.63) is 35.4 Å². The van der Waals surface area contributed by atoms with Gasteiger partial charge in [0.05, 0.1) is 0 Å². The van der Waals surface area contributed by atoms with Gasteiger partial charge in [-0.2, -0.15) is 0 Å². The van der Waals surface area contributed by atoms with Gasteiger partial charge in [-0.15, -0.1) is 0 Å². The highest BCUT2D eigenvalue weighted by Crippen LogP contribution is 2.17. The molecule has 1 aliphatic rings. The molecule has 1 unspecified atom stereocenters. The number of hydrogen-bond donors (Lipinski definition) is 1. The van der Waals surface area contributed by atoms with E-state index in [0.29, 0.717) is 6.42 Å². The SMILES string of the molecule is Fc1cccc(F)c1CC1CCCN1. The summed E-state index contributed by atoms with van der Waals surface area (Å²) in [6.45, 7) is 0.959. The quantitative estimate of drug-likeness (QED) is 0.766. The molecule has 1 fully saturated rings. The molecule has 0 bridgehead atoms. The summed E-state index contributed by atoms with van der Waals surface area (Å²) in [5.74, 6) is -0.864. The molecule has 0 aliphatic carbocycles. The van der Waals surface area contributed by atoms with Crippen LogP contribution in [0.25, 0.3) is 0 Å². The fourth-order valence-electron chi connectivity index (χ4n) is 1.90. The zero-order chi connectivity index (χ0) is 9.97. The van der Waals surface area contributed by atoms with Crippen molar-refractivity contribution in [3.8, 4) is 0 Å². The van der Waals surface area contributed by atoms with Gasteiger partial charge in [-0.05, 0) is 37.9 Å². The van der Waals surface area contributed by atoms with E-state index in [4.69, 9.17) is 0 Å². The van der Waals surface area contributed by atoms with Crippen LogP contribution in [0.4, 0.5) is 8.78 Å². The molecule has 76 valence electrons. The Bertz CT molecular complexity index is 299. The Balaban J connectivity index is 2.14. The Kier molecular flexibility index (Phi) is 2.77. The smallest absolute Gasteiger partial charge is 0.129 e. The van der Waals surface area contributed by atoms with Crippen molar-refractivity contribution < 1.29 is 8.78 Å². The van der Waals surface area contributed by atoms with Gasteiger partial charge in [0, 0.05) is 11.6 Å². The maximum absolute atomic E-state index is 13.2. The molecule has 0 amide bonds. The van der Waals surface area contributed by atoms with E-state index in [1.165, 1.54) is 18.2 Å². The van der Waals surface area contributed by atoms with Gasteiger partial charge in [-0.1, -0.05) is 6.07 Å². The Labute approximate surface area is 82.1 Å². The standard InChI is InChI=1S/C11H13F2N/c12-10-4-1-5-11(13)9(10)7-8-3-2-6-14-8/h1,4-5,8,14H,2-3,6-7H2. The van der Waals surface area contributed by atoms with Crippen molar-refractivity contribution in [1.29, 1.82) is 0 Å². The molecule has 0 spiro atoms. The fourth-order valence-corrected chi connectivity index (χ4v) is 1.90. The summed E-state index contributed by atoms with van der Waals surface area (Å²) in [5, 5.41) is 3.23. The summed E-state index contributed by atoms with van der Waals surface area (Å²) in [4.78, 5) is 0. The lowest BCUT2D eigenvalue weighted by Crippen LogP contribution is -2.24. The van der Waals surface area contributed by atoms with Crippen LogP contribution in [0.5, 0.6) is 0 Å². The molecule has 1 saturated heterocycles. The average molecular weight is 197 g/mol. The first kappa shape index (κ1) is 9.59. The second-order valence-electron chi connectivity index (χ2n) is 3.70. The Morgan fingerprint density at radius 3 is 2.57 bits per heavy atom. The molecule has 0 aromatic heterocycles. The molecule has 1 N–H and O–H groups in total. The van der Waals surface area contributed by atoms with Crippen molar-refractivity contribution in [2.75, 3.05) is 6.54 Å². The molecular weight excluding hydrogens is 184 g/mol. The zero-order valence-corrected chi connectivity index (χ0v) is 7.89. The van der Waals surface area contributed by atoms with Gasteiger partial charge in [0.1, 0.15) is 11.6 Å². The first-order valence-electron chi connectivity index (χ1n) is 4.93. The fraction of sp³-hybridized carbons (Fsp3) is 0.455. The van der Waals surface area contributed by atoms with E-state index in [0.717, 1.165) is 19.4 Å².